The van der Waals surface area contributed by atoms with Crippen LogP contribution in [0.4, 0.5) is 34.1 Å². The molecule has 0 bridgehead atoms. The topological polar surface area (TPSA) is 32.8 Å². The zero-order chi connectivity index (χ0) is 74.3. The van der Waals surface area contributed by atoms with Gasteiger partial charge in [0.25, 0.3) is 0 Å². The largest absolute Gasteiger partial charge is 0.455 e. The molecule has 4 nitrogen and oxygen atoms in total. The molecule has 0 atom stereocenters. The van der Waals surface area contributed by atoms with Crippen molar-refractivity contribution in [3.8, 4) is 89.0 Å². The molecule has 19 aromatic carbocycles. The summed E-state index contributed by atoms with van der Waals surface area (Å²) in [5.74, 6) is 0. The van der Waals surface area contributed by atoms with Crippen molar-refractivity contribution < 1.29 is 8.83 Å². The average molecular weight is 1430 g/mol. The van der Waals surface area contributed by atoms with Crippen molar-refractivity contribution in [2.24, 2.45) is 0 Å². The molecule has 0 radical (unpaired) electrons. The Labute approximate surface area is 650 Å². The summed E-state index contributed by atoms with van der Waals surface area (Å²) in [4.78, 5) is 4.75. The lowest BCUT2D eigenvalue weighted by molar-refractivity contribution is 0.670. The maximum absolute atomic E-state index is 6.95. The lowest BCUT2D eigenvalue weighted by atomic mass is 9.96. The maximum atomic E-state index is 6.95. The molecule has 21 aromatic rings. The number of benzene rings is 19. The number of hydrogen-bond donors (Lipinski definition) is 0. The predicted molar refractivity (Wildman–Crippen MR) is 473 cm³/mol. The molecule has 4 heteroatoms. The Kier molecular flexibility index (Phi) is 17.3. The van der Waals surface area contributed by atoms with Gasteiger partial charge in [0.2, 0.25) is 0 Å². The van der Waals surface area contributed by atoms with Crippen LogP contribution in [0.15, 0.2) is 446 Å². The second kappa shape index (κ2) is 29.0. The highest BCUT2D eigenvalue weighted by Crippen LogP contribution is 2.50. The third kappa shape index (κ3) is 12.3. The first-order valence-corrected chi connectivity index (χ1v) is 38.3. The highest BCUT2D eigenvalue weighted by Gasteiger charge is 2.25. The Hall–Kier alpha value is -14.8. The number of anilines is 6. The van der Waals surface area contributed by atoms with Gasteiger partial charge in [-0.3, -0.25) is 0 Å². The van der Waals surface area contributed by atoms with Gasteiger partial charge in [-0.2, -0.15) is 0 Å². The molecule has 0 unspecified atom stereocenters. The molecular weight excluding hydrogens is 1360 g/mol. The van der Waals surface area contributed by atoms with Crippen molar-refractivity contribution in [1.29, 1.82) is 0 Å². The van der Waals surface area contributed by atoms with Gasteiger partial charge in [-0.1, -0.05) is 376 Å². The summed E-state index contributed by atoms with van der Waals surface area (Å²) in [7, 11) is 0. The van der Waals surface area contributed by atoms with E-state index in [0.29, 0.717) is 0 Å². The van der Waals surface area contributed by atoms with E-state index in [1.54, 1.807) is 0 Å². The molecule has 0 aliphatic carbocycles. The van der Waals surface area contributed by atoms with Crippen LogP contribution in [0.5, 0.6) is 0 Å². The lowest BCUT2D eigenvalue weighted by Gasteiger charge is -2.28. The zero-order valence-electron chi connectivity index (χ0n) is 61.3. The van der Waals surface area contributed by atoms with Crippen molar-refractivity contribution >= 4 is 110 Å². The summed E-state index contributed by atoms with van der Waals surface area (Å²) in [5.41, 5.74) is 28.3. The van der Waals surface area contributed by atoms with E-state index in [0.717, 1.165) is 123 Å². The van der Waals surface area contributed by atoms with E-state index in [4.69, 9.17) is 8.83 Å². The van der Waals surface area contributed by atoms with Crippen LogP contribution in [0.3, 0.4) is 0 Å². The van der Waals surface area contributed by atoms with Crippen molar-refractivity contribution in [1.82, 2.24) is 0 Å². The van der Waals surface area contributed by atoms with Crippen LogP contribution < -0.4 is 9.80 Å². The fraction of sp³-hybridized carbons (Fsp3) is 0. The van der Waals surface area contributed by atoms with Crippen LogP contribution in [-0.4, -0.2) is 0 Å². The molecule has 0 saturated carbocycles. The minimum absolute atomic E-state index is 0.880. The monoisotopic (exact) mass is 1430 g/mol. The van der Waals surface area contributed by atoms with Crippen molar-refractivity contribution in [3.63, 3.8) is 0 Å². The van der Waals surface area contributed by atoms with Gasteiger partial charge < -0.3 is 18.6 Å². The van der Waals surface area contributed by atoms with Crippen molar-refractivity contribution in [2.75, 3.05) is 9.80 Å². The van der Waals surface area contributed by atoms with E-state index in [9.17, 15) is 0 Å². The Morgan fingerprint density at radius 3 is 0.696 bits per heavy atom. The van der Waals surface area contributed by atoms with E-state index < -0.39 is 0 Å². The third-order valence-corrected chi connectivity index (χ3v) is 22.0. The first-order chi connectivity index (χ1) is 55.6. The van der Waals surface area contributed by atoms with Gasteiger partial charge in [-0.15, -0.1) is 0 Å². The molecule has 0 amide bonds. The van der Waals surface area contributed by atoms with Crippen LogP contribution in [0.25, 0.3) is 165 Å². The maximum Gasteiger partial charge on any atom is 0.143 e. The second-order valence-corrected chi connectivity index (χ2v) is 28.5. The van der Waals surface area contributed by atoms with Gasteiger partial charge in [0, 0.05) is 77.7 Å². The number of fused-ring (bicyclic) bond motifs is 9. The van der Waals surface area contributed by atoms with Crippen molar-refractivity contribution in [3.05, 3.63) is 437 Å². The first-order valence-electron chi connectivity index (χ1n) is 38.3. The lowest BCUT2D eigenvalue weighted by Crippen LogP contribution is -2.11. The Morgan fingerprint density at radius 2 is 0.348 bits per heavy atom. The highest BCUT2D eigenvalue weighted by molar-refractivity contribution is 6.16. The second-order valence-electron chi connectivity index (χ2n) is 28.5. The average Bonchev–Trinajstić information content (AvgIpc) is 1.73. The minimum atomic E-state index is 0.880. The van der Waals surface area contributed by atoms with Crippen LogP contribution in [0.2, 0.25) is 0 Å². The fourth-order valence-electron chi connectivity index (χ4n) is 16.6. The van der Waals surface area contributed by atoms with Crippen LogP contribution in [0.1, 0.15) is 0 Å². The number of hydrogen-bond acceptors (Lipinski definition) is 4. The van der Waals surface area contributed by atoms with E-state index in [1.165, 1.54) is 76.8 Å². The predicted octanol–water partition coefficient (Wildman–Crippen LogP) is 30.9. The molecule has 0 spiro atoms. The summed E-state index contributed by atoms with van der Waals surface area (Å²) >= 11 is 0. The minimum Gasteiger partial charge on any atom is -0.455 e. The van der Waals surface area contributed by atoms with E-state index in [-0.39, 0.29) is 0 Å². The molecule has 2 heterocycles. The van der Waals surface area contributed by atoms with Crippen molar-refractivity contribution in [2.45, 2.75) is 0 Å². The fourth-order valence-corrected chi connectivity index (χ4v) is 16.6. The number of nitrogens with zero attached hydrogens (tertiary/aromatic N) is 2. The molecule has 21 rings (SSSR count). The van der Waals surface area contributed by atoms with Crippen LogP contribution in [0, 0.1) is 0 Å². The summed E-state index contributed by atoms with van der Waals surface area (Å²) in [6.07, 6.45) is 0. The quantitative estimate of drug-likeness (QED) is 0.109. The SMILES string of the molecule is c1ccc(-c2ccc(N(c3ccc(-c4cccc5ccccc45)cc3)c3ccccc3-c3cccc4c3oc3c(-c5ccccc5)cccc34)cc2)cc1.c1ccc(-c2cccc3c2oc2c(-c4ccccc4N(c4ccc(-c5cccc6ccccc56)cc4)c4ccc(-c5cccc6ccccc56)cc4)cccc23)cc1. The van der Waals surface area contributed by atoms with Gasteiger partial charge in [0.15, 0.2) is 0 Å². The van der Waals surface area contributed by atoms with Crippen LogP contribution in [-0.2, 0) is 0 Å². The molecule has 0 aliphatic heterocycles. The summed E-state index contributed by atoms with van der Waals surface area (Å²) in [5, 5.41) is 11.9. The van der Waals surface area contributed by atoms with Gasteiger partial charge in [0.05, 0.1) is 11.4 Å². The van der Waals surface area contributed by atoms with Crippen LogP contribution >= 0.6 is 0 Å². The Morgan fingerprint density at radius 1 is 0.134 bits per heavy atom. The molecule has 2 aromatic heterocycles. The molecule has 0 fully saturated rings. The molecule has 0 aliphatic rings. The van der Waals surface area contributed by atoms with Gasteiger partial charge in [0.1, 0.15) is 22.3 Å². The molecule has 526 valence electrons. The smallest absolute Gasteiger partial charge is 0.143 e. The van der Waals surface area contributed by atoms with Gasteiger partial charge in [-0.05, 0) is 149 Å². The van der Waals surface area contributed by atoms with Gasteiger partial charge in [-0.25, -0.2) is 0 Å². The number of rotatable bonds is 14. The summed E-state index contributed by atoms with van der Waals surface area (Å²) in [6, 6.07) is 156. The molecule has 0 N–H and O–H groups in total. The molecular formula is C108H72N2O2. The van der Waals surface area contributed by atoms with E-state index >= 15 is 0 Å². The molecule has 0 saturated heterocycles. The molecule has 112 heavy (non-hydrogen) atoms. The Bertz CT molecular complexity index is 6890. The summed E-state index contributed by atoms with van der Waals surface area (Å²) < 4.78 is 13.9. The highest BCUT2D eigenvalue weighted by atomic mass is 16.3. The Balaban J connectivity index is 0.000000146. The third-order valence-electron chi connectivity index (χ3n) is 22.0. The van der Waals surface area contributed by atoms with E-state index in [2.05, 4.69) is 447 Å². The normalized spacial score (nSPS) is 11.4. The van der Waals surface area contributed by atoms with Gasteiger partial charge >= 0.3 is 0 Å². The van der Waals surface area contributed by atoms with E-state index in [1.807, 2.05) is 0 Å². The summed E-state index contributed by atoms with van der Waals surface area (Å²) in [6.45, 7) is 0. The zero-order valence-corrected chi connectivity index (χ0v) is 61.3. The number of para-hydroxylation sites is 6. The number of furan rings is 2. The first kappa shape index (κ1) is 66.6. The standard InChI is InChI=1S/C56H37NO.C52H35NO/c1-2-14-40(15-3-1)49-25-12-27-52-53-28-13-26-51(56(53)58-55(49)52)50-22-8-9-29-54(50)57(43-34-30-41(31-35-43)47-23-10-18-38-16-4-6-20-45(38)47)44-36-32-42(33-37-44)48-24-11-19-39-17-5-7-21-46(39)48;1-3-14-36(15-4-1)37-28-32-41(33-29-37)53(42-34-30-40(31-35-42)44-22-11-19-38-18-7-8-20-43(38)44)50-27-10-9-21-46(50)47-24-13-26-49-48-25-12-23-45(51(48)54-52(47)49)39-16-5-2-6-17-39/h1-37H;1-35H.